The Balaban J connectivity index is 1.72. The third kappa shape index (κ3) is 4.62. The van der Waals surface area contributed by atoms with E-state index in [9.17, 15) is 4.79 Å². The van der Waals surface area contributed by atoms with Crippen molar-refractivity contribution >= 4 is 28.4 Å². The lowest BCUT2D eigenvalue weighted by molar-refractivity contribution is -0.121. The van der Waals surface area contributed by atoms with Crippen molar-refractivity contribution in [3.05, 3.63) is 22.2 Å². The van der Waals surface area contributed by atoms with E-state index in [0.29, 0.717) is 47.1 Å². The van der Waals surface area contributed by atoms with Gasteiger partial charge in [0.25, 0.3) is 0 Å². The van der Waals surface area contributed by atoms with Gasteiger partial charge in [-0.2, -0.15) is 5.10 Å². The molecule has 0 bridgehead atoms. The first-order valence-electron chi connectivity index (χ1n) is 12.6. The van der Waals surface area contributed by atoms with Crippen LogP contribution in [0.3, 0.4) is 0 Å². The molecule has 9 heteroatoms. The Morgan fingerprint density at radius 3 is 2.74 bits per heavy atom. The largest absolute Gasteiger partial charge is 0.360 e. The highest BCUT2D eigenvalue weighted by atomic mass is 35.5. The Kier molecular flexibility index (Phi) is 7.67. The number of nitrogens with zero attached hydrogens (tertiary/aromatic N) is 6. The fraction of sp³-hybridized carbons (Fsp3) is 0.640. The van der Waals surface area contributed by atoms with Gasteiger partial charge >= 0.3 is 0 Å². The van der Waals surface area contributed by atoms with Crippen molar-refractivity contribution in [2.45, 2.75) is 91.6 Å². The number of fused-ring (bicyclic) bond motifs is 2. The van der Waals surface area contributed by atoms with Crippen LogP contribution >= 0.6 is 11.6 Å². The number of ketones is 1. The molecule has 0 saturated carbocycles. The summed E-state index contributed by atoms with van der Waals surface area (Å²) in [5.74, 6) is 1.13. The van der Waals surface area contributed by atoms with Crippen LogP contribution in [-0.4, -0.2) is 54.7 Å². The highest BCUT2D eigenvalue weighted by Gasteiger charge is 2.33. The zero-order valence-corrected chi connectivity index (χ0v) is 21.7. The molecule has 3 aromatic rings. The van der Waals surface area contributed by atoms with Gasteiger partial charge in [-0.15, -0.1) is 0 Å². The van der Waals surface area contributed by atoms with Crippen molar-refractivity contribution in [1.29, 1.82) is 0 Å². The number of likely N-dealkylation sites (N-methyl/N-ethyl adjacent to an activating group) is 1. The molecule has 2 atom stereocenters. The first-order chi connectivity index (χ1) is 16.4. The molecule has 0 saturated heterocycles. The Hall–Kier alpha value is -2.32. The number of unbranched alkanes of at least 4 members (excludes halogenated alkanes) is 1. The van der Waals surface area contributed by atoms with E-state index in [1.54, 1.807) is 0 Å². The molecule has 0 amide bonds. The second-order valence-electron chi connectivity index (χ2n) is 9.26. The van der Waals surface area contributed by atoms with Crippen molar-refractivity contribution < 1.29 is 9.32 Å². The normalized spacial score (nSPS) is 16.9. The maximum absolute atomic E-state index is 12.8. The van der Waals surface area contributed by atoms with Crippen molar-refractivity contribution in [3.8, 4) is 11.5 Å². The monoisotopic (exact) mass is 486 g/mol. The number of aromatic nitrogens is 5. The summed E-state index contributed by atoms with van der Waals surface area (Å²) in [6, 6.07) is 0.296. The summed E-state index contributed by atoms with van der Waals surface area (Å²) >= 11 is 6.64. The minimum absolute atomic E-state index is 0.224. The van der Waals surface area contributed by atoms with Gasteiger partial charge in [-0.05, 0) is 52.6 Å². The Morgan fingerprint density at radius 1 is 1.26 bits per heavy atom. The zero-order valence-electron chi connectivity index (χ0n) is 20.9. The summed E-state index contributed by atoms with van der Waals surface area (Å²) in [7, 11) is 0. The number of Topliss-reactive ketones (excluding diaryl/α,β-unsaturated/α-hetero) is 1. The van der Waals surface area contributed by atoms with Crippen molar-refractivity contribution in [3.63, 3.8) is 0 Å². The molecule has 0 aromatic carbocycles. The second kappa shape index (κ2) is 10.5. The van der Waals surface area contributed by atoms with Crippen molar-refractivity contribution in [2.24, 2.45) is 0 Å². The average Bonchev–Trinajstić information content (AvgIpc) is 3.39. The Morgan fingerprint density at radius 2 is 2.03 bits per heavy atom. The molecule has 184 valence electrons. The lowest BCUT2D eigenvalue weighted by atomic mass is 9.83. The van der Waals surface area contributed by atoms with Gasteiger partial charge in [0.1, 0.15) is 10.9 Å². The lowest BCUT2D eigenvalue weighted by Crippen LogP contribution is -2.36. The van der Waals surface area contributed by atoms with E-state index in [2.05, 4.69) is 42.7 Å². The van der Waals surface area contributed by atoms with Crippen LogP contribution in [0, 0.1) is 6.92 Å². The maximum atomic E-state index is 12.8. The van der Waals surface area contributed by atoms with E-state index >= 15 is 0 Å². The standard InChI is InChI=1S/C25H35ClN6O2/c1-6-9-13-19(33)17-11-10-12-18-21(30-34-22(17)18)24-27-23(26)20-16(5)29-32(25(20)28-24)14-15(4)31(7-2)8-3/h15,17H,6-14H2,1-5H3. The lowest BCUT2D eigenvalue weighted by Gasteiger charge is -2.26. The first kappa shape index (κ1) is 24.8. The van der Waals surface area contributed by atoms with Gasteiger partial charge in [0.05, 0.1) is 23.5 Å². The number of carbonyl (C=O) groups is 1. The molecule has 1 aliphatic rings. The van der Waals surface area contributed by atoms with Crippen LogP contribution in [0.4, 0.5) is 0 Å². The summed E-state index contributed by atoms with van der Waals surface area (Å²) in [6.45, 7) is 13.2. The SMILES string of the molecule is CCCCC(=O)C1CCCc2c(-c3nc(Cl)c4c(C)nn(CC(C)N(CC)CC)c4n3)noc21. The third-order valence-corrected chi connectivity index (χ3v) is 7.30. The summed E-state index contributed by atoms with van der Waals surface area (Å²) in [5.41, 5.74) is 3.04. The van der Waals surface area contributed by atoms with Crippen molar-refractivity contribution in [2.75, 3.05) is 13.1 Å². The van der Waals surface area contributed by atoms with E-state index < -0.39 is 0 Å². The van der Waals surface area contributed by atoms with E-state index in [0.717, 1.165) is 61.8 Å². The van der Waals surface area contributed by atoms with Crippen molar-refractivity contribution in [1.82, 2.24) is 29.8 Å². The van der Waals surface area contributed by atoms with E-state index in [1.807, 2.05) is 11.6 Å². The second-order valence-corrected chi connectivity index (χ2v) is 9.62. The number of carbonyl (C=O) groups excluding carboxylic acids is 1. The molecule has 2 unspecified atom stereocenters. The van der Waals surface area contributed by atoms with Crippen LogP contribution in [-0.2, 0) is 17.8 Å². The van der Waals surface area contributed by atoms with Crippen LogP contribution in [0.15, 0.2) is 4.52 Å². The predicted molar refractivity (Wildman–Crippen MR) is 133 cm³/mol. The summed E-state index contributed by atoms with van der Waals surface area (Å²) < 4.78 is 7.67. The van der Waals surface area contributed by atoms with Crippen LogP contribution < -0.4 is 0 Å². The quantitative estimate of drug-likeness (QED) is 0.356. The van der Waals surface area contributed by atoms with Gasteiger partial charge in [0.15, 0.2) is 22.9 Å². The van der Waals surface area contributed by atoms with Gasteiger partial charge in [-0.1, -0.05) is 43.9 Å². The zero-order chi connectivity index (χ0) is 24.4. The molecular formula is C25H35ClN6O2. The molecule has 1 aliphatic carbocycles. The van der Waals surface area contributed by atoms with Gasteiger partial charge in [0.2, 0.25) is 0 Å². The van der Waals surface area contributed by atoms with Gasteiger partial charge in [-0.3, -0.25) is 9.69 Å². The molecular weight excluding hydrogens is 452 g/mol. The topological polar surface area (TPSA) is 89.9 Å². The highest BCUT2D eigenvalue weighted by molar-refractivity contribution is 6.34. The molecule has 0 aliphatic heterocycles. The fourth-order valence-corrected chi connectivity index (χ4v) is 5.41. The molecule has 8 nitrogen and oxygen atoms in total. The summed E-state index contributed by atoms with van der Waals surface area (Å²) in [6.07, 6.45) is 4.99. The molecule has 0 N–H and O–H groups in total. The minimum Gasteiger partial charge on any atom is -0.360 e. The molecule has 4 rings (SSSR count). The number of hydrogen-bond donors (Lipinski definition) is 0. The van der Waals surface area contributed by atoms with Crippen LogP contribution in [0.25, 0.3) is 22.6 Å². The summed E-state index contributed by atoms with van der Waals surface area (Å²) in [4.78, 5) is 24.6. The van der Waals surface area contributed by atoms with E-state index in [-0.39, 0.29) is 11.7 Å². The average molecular weight is 487 g/mol. The highest BCUT2D eigenvalue weighted by Crippen LogP contribution is 2.38. The number of hydrogen-bond acceptors (Lipinski definition) is 7. The third-order valence-electron chi connectivity index (χ3n) is 7.03. The number of rotatable bonds is 10. The molecule has 3 aromatic heterocycles. The number of aryl methyl sites for hydroxylation is 1. The smallest absolute Gasteiger partial charge is 0.185 e. The van der Waals surface area contributed by atoms with Crippen LogP contribution in [0.5, 0.6) is 0 Å². The first-order valence-corrected chi connectivity index (χ1v) is 12.9. The van der Waals surface area contributed by atoms with Gasteiger partial charge < -0.3 is 4.52 Å². The van der Waals surface area contributed by atoms with E-state index in [4.69, 9.17) is 26.2 Å². The molecule has 0 radical (unpaired) electrons. The Bertz CT molecular complexity index is 1170. The Labute approximate surface area is 206 Å². The van der Waals surface area contributed by atoms with Crippen LogP contribution in [0.1, 0.15) is 82.7 Å². The molecule has 34 heavy (non-hydrogen) atoms. The van der Waals surface area contributed by atoms with Crippen LogP contribution in [0.2, 0.25) is 5.15 Å². The van der Waals surface area contributed by atoms with Gasteiger partial charge in [0, 0.05) is 18.0 Å². The molecule has 0 spiro atoms. The van der Waals surface area contributed by atoms with Gasteiger partial charge in [-0.25, -0.2) is 14.6 Å². The molecule has 0 fully saturated rings. The predicted octanol–water partition coefficient (Wildman–Crippen LogP) is 5.35. The molecule has 3 heterocycles. The maximum Gasteiger partial charge on any atom is 0.185 e. The fourth-order valence-electron chi connectivity index (χ4n) is 5.10. The summed E-state index contributed by atoms with van der Waals surface area (Å²) in [5, 5.41) is 10.2. The minimum atomic E-state index is -0.224. The van der Waals surface area contributed by atoms with E-state index in [1.165, 1.54) is 0 Å². The number of halogens is 1.